The molecule has 1 aliphatic carbocycles. The lowest BCUT2D eigenvalue weighted by Crippen LogP contribution is -2.25. The number of ether oxygens (including phenoxy) is 1. The number of aliphatic imine (C=N–C) groups is 1. The maximum absolute atomic E-state index is 13.2. The monoisotopic (exact) mass is 299 g/mol. The van der Waals surface area contributed by atoms with E-state index >= 15 is 0 Å². The standard InChI is InChI=1S/C12H11BrFNO2/c13-11-5-9(14)4-8(6-15-7-16)12(11)17-10-2-1-3-10/h4-5,10H,1-3,6H2. The van der Waals surface area contributed by atoms with E-state index in [1.165, 1.54) is 18.2 Å². The van der Waals surface area contributed by atoms with E-state index in [4.69, 9.17) is 4.74 Å². The lowest BCUT2D eigenvalue weighted by atomic mass is 9.96. The summed E-state index contributed by atoms with van der Waals surface area (Å²) in [7, 11) is 0. The summed E-state index contributed by atoms with van der Waals surface area (Å²) in [6.07, 6.45) is 4.82. The van der Waals surface area contributed by atoms with Gasteiger partial charge in [-0.3, -0.25) is 0 Å². The van der Waals surface area contributed by atoms with E-state index in [0.717, 1.165) is 19.3 Å². The Morgan fingerprint density at radius 2 is 2.29 bits per heavy atom. The average molecular weight is 300 g/mol. The quantitative estimate of drug-likeness (QED) is 0.632. The van der Waals surface area contributed by atoms with E-state index < -0.39 is 0 Å². The van der Waals surface area contributed by atoms with Crippen LogP contribution >= 0.6 is 15.9 Å². The summed E-state index contributed by atoms with van der Waals surface area (Å²) in [6, 6.07) is 2.68. The number of rotatable bonds is 4. The van der Waals surface area contributed by atoms with Crippen LogP contribution in [0, 0.1) is 5.82 Å². The van der Waals surface area contributed by atoms with Crippen molar-refractivity contribution in [1.82, 2.24) is 0 Å². The second-order valence-electron chi connectivity index (χ2n) is 3.95. The van der Waals surface area contributed by atoms with Gasteiger partial charge in [0.15, 0.2) is 0 Å². The highest BCUT2D eigenvalue weighted by Gasteiger charge is 2.22. The minimum atomic E-state index is -0.381. The molecule has 0 bridgehead atoms. The van der Waals surface area contributed by atoms with Crippen LogP contribution in [0.1, 0.15) is 24.8 Å². The number of isocyanates is 1. The van der Waals surface area contributed by atoms with Gasteiger partial charge in [0.25, 0.3) is 0 Å². The normalized spacial score (nSPS) is 14.9. The van der Waals surface area contributed by atoms with Gasteiger partial charge in [-0.2, -0.15) is 0 Å². The van der Waals surface area contributed by atoms with Crippen molar-refractivity contribution >= 4 is 22.0 Å². The molecule has 2 rings (SSSR count). The number of hydrogen-bond donors (Lipinski definition) is 0. The Bertz CT molecular complexity index is 468. The first-order chi connectivity index (χ1) is 8.20. The summed E-state index contributed by atoms with van der Waals surface area (Å²) in [5, 5.41) is 0. The van der Waals surface area contributed by atoms with Crippen molar-refractivity contribution in [2.24, 2.45) is 4.99 Å². The Kier molecular flexibility index (Phi) is 3.92. The highest BCUT2D eigenvalue weighted by Crippen LogP contribution is 2.35. The van der Waals surface area contributed by atoms with Crippen LogP contribution in [0.25, 0.3) is 0 Å². The van der Waals surface area contributed by atoms with Gasteiger partial charge >= 0.3 is 0 Å². The first-order valence-corrected chi connectivity index (χ1v) is 6.18. The van der Waals surface area contributed by atoms with Crippen molar-refractivity contribution in [3.8, 4) is 5.75 Å². The molecule has 1 aromatic carbocycles. The molecule has 0 saturated heterocycles. The highest BCUT2D eigenvalue weighted by molar-refractivity contribution is 9.10. The molecule has 1 aliphatic rings. The first-order valence-electron chi connectivity index (χ1n) is 5.39. The molecule has 0 amide bonds. The maximum Gasteiger partial charge on any atom is 0.235 e. The molecule has 1 aromatic rings. The molecule has 0 aromatic heterocycles. The molecule has 0 N–H and O–H groups in total. The van der Waals surface area contributed by atoms with Gasteiger partial charge in [-0.05, 0) is 47.3 Å². The molecule has 5 heteroatoms. The number of halogens is 2. The molecule has 3 nitrogen and oxygen atoms in total. The van der Waals surface area contributed by atoms with Crippen LogP contribution < -0.4 is 4.74 Å². The molecule has 90 valence electrons. The molecular formula is C12H11BrFNO2. The molecule has 0 spiro atoms. The largest absolute Gasteiger partial charge is 0.489 e. The fourth-order valence-corrected chi connectivity index (χ4v) is 2.20. The van der Waals surface area contributed by atoms with Crippen molar-refractivity contribution in [1.29, 1.82) is 0 Å². The Balaban J connectivity index is 2.28. The Morgan fingerprint density at radius 1 is 1.53 bits per heavy atom. The van der Waals surface area contributed by atoms with Crippen LogP contribution in [0.4, 0.5) is 4.39 Å². The third-order valence-electron chi connectivity index (χ3n) is 2.74. The molecule has 0 aliphatic heterocycles. The molecule has 1 saturated carbocycles. The Hall–Kier alpha value is -1.19. The molecule has 17 heavy (non-hydrogen) atoms. The summed E-state index contributed by atoms with van der Waals surface area (Å²) >= 11 is 3.27. The van der Waals surface area contributed by atoms with Gasteiger partial charge in [0.2, 0.25) is 6.08 Å². The third-order valence-corrected chi connectivity index (χ3v) is 3.33. The summed E-state index contributed by atoms with van der Waals surface area (Å²) < 4.78 is 19.6. The van der Waals surface area contributed by atoms with Crippen LogP contribution in [-0.4, -0.2) is 12.2 Å². The van der Waals surface area contributed by atoms with E-state index in [1.807, 2.05) is 0 Å². The van der Waals surface area contributed by atoms with Gasteiger partial charge < -0.3 is 4.74 Å². The van der Waals surface area contributed by atoms with Gasteiger partial charge in [0.05, 0.1) is 17.1 Å². The summed E-state index contributed by atoms with van der Waals surface area (Å²) in [5.74, 6) is 0.198. The topological polar surface area (TPSA) is 38.7 Å². The summed E-state index contributed by atoms with van der Waals surface area (Å²) in [4.78, 5) is 13.6. The Morgan fingerprint density at radius 3 is 2.88 bits per heavy atom. The van der Waals surface area contributed by atoms with Crippen LogP contribution in [0.3, 0.4) is 0 Å². The first kappa shape index (κ1) is 12.3. The van der Waals surface area contributed by atoms with E-state index in [0.29, 0.717) is 15.8 Å². The van der Waals surface area contributed by atoms with E-state index in [-0.39, 0.29) is 18.5 Å². The van der Waals surface area contributed by atoms with Crippen molar-refractivity contribution < 1.29 is 13.9 Å². The molecule has 0 unspecified atom stereocenters. The second-order valence-corrected chi connectivity index (χ2v) is 4.81. The zero-order valence-corrected chi connectivity index (χ0v) is 10.7. The summed E-state index contributed by atoms with van der Waals surface area (Å²) in [5.41, 5.74) is 0.562. The fraction of sp³-hybridized carbons (Fsp3) is 0.417. The smallest absolute Gasteiger partial charge is 0.235 e. The van der Waals surface area contributed by atoms with Gasteiger partial charge in [-0.1, -0.05) is 0 Å². The molecule has 0 heterocycles. The SMILES string of the molecule is O=C=NCc1cc(F)cc(Br)c1OC1CCC1. The lowest BCUT2D eigenvalue weighted by Gasteiger charge is -2.28. The molecular weight excluding hydrogens is 289 g/mol. The lowest BCUT2D eigenvalue weighted by molar-refractivity contribution is 0.118. The van der Waals surface area contributed by atoms with Crippen molar-refractivity contribution in [2.75, 3.05) is 0 Å². The van der Waals surface area contributed by atoms with E-state index in [1.54, 1.807) is 0 Å². The fourth-order valence-electron chi connectivity index (χ4n) is 1.64. The zero-order valence-electron chi connectivity index (χ0n) is 9.08. The summed E-state index contributed by atoms with van der Waals surface area (Å²) in [6.45, 7) is 0.0852. The van der Waals surface area contributed by atoms with Gasteiger partial charge in [0, 0.05) is 5.56 Å². The average Bonchev–Trinajstić information content (AvgIpc) is 2.22. The van der Waals surface area contributed by atoms with Crippen molar-refractivity contribution in [2.45, 2.75) is 31.9 Å². The van der Waals surface area contributed by atoms with Crippen LogP contribution in [0.15, 0.2) is 21.6 Å². The van der Waals surface area contributed by atoms with Crippen molar-refractivity contribution in [3.63, 3.8) is 0 Å². The number of benzene rings is 1. The molecule has 1 fully saturated rings. The molecule has 0 atom stereocenters. The number of hydrogen-bond acceptors (Lipinski definition) is 3. The minimum absolute atomic E-state index is 0.0852. The van der Waals surface area contributed by atoms with Crippen LogP contribution in [0.5, 0.6) is 5.75 Å². The maximum atomic E-state index is 13.2. The number of nitrogens with zero attached hydrogens (tertiary/aromatic N) is 1. The van der Waals surface area contributed by atoms with E-state index in [2.05, 4.69) is 20.9 Å². The van der Waals surface area contributed by atoms with Gasteiger partial charge in [-0.15, -0.1) is 0 Å². The van der Waals surface area contributed by atoms with Crippen LogP contribution in [-0.2, 0) is 11.3 Å². The second kappa shape index (κ2) is 5.43. The third kappa shape index (κ3) is 2.93. The zero-order chi connectivity index (χ0) is 12.3. The minimum Gasteiger partial charge on any atom is -0.489 e. The highest BCUT2D eigenvalue weighted by atomic mass is 79.9. The predicted octanol–water partition coefficient (Wildman–Crippen LogP) is 3.36. The van der Waals surface area contributed by atoms with Gasteiger partial charge in [-0.25, -0.2) is 14.2 Å². The number of carbonyl (C=O) groups excluding carboxylic acids is 1. The van der Waals surface area contributed by atoms with E-state index in [9.17, 15) is 9.18 Å². The van der Waals surface area contributed by atoms with Crippen molar-refractivity contribution in [3.05, 3.63) is 28.0 Å². The predicted molar refractivity (Wildman–Crippen MR) is 64.2 cm³/mol. The molecule has 0 radical (unpaired) electrons. The van der Waals surface area contributed by atoms with Gasteiger partial charge in [0.1, 0.15) is 11.6 Å². The Labute approximate surface area is 107 Å². The van der Waals surface area contributed by atoms with Crippen LogP contribution in [0.2, 0.25) is 0 Å².